The summed E-state index contributed by atoms with van der Waals surface area (Å²) in [5.74, 6) is 0.971. The van der Waals surface area contributed by atoms with Crippen molar-refractivity contribution in [2.24, 2.45) is 10.9 Å². The molecule has 4 heteroatoms. The molecule has 4 nitrogen and oxygen atoms in total. The van der Waals surface area contributed by atoms with Gasteiger partial charge in [0.25, 0.3) is 0 Å². The Labute approximate surface area is 86.0 Å². The number of aliphatic imine (C=N–C) groups is 1. The molecule has 82 valence electrons. The van der Waals surface area contributed by atoms with Gasteiger partial charge in [-0.15, -0.1) is 0 Å². The summed E-state index contributed by atoms with van der Waals surface area (Å²) in [6.07, 6.45) is 2.18. The molecule has 0 unspecified atom stereocenters. The molecule has 14 heavy (non-hydrogen) atoms. The number of hydrogen-bond donors (Lipinski definition) is 2. The summed E-state index contributed by atoms with van der Waals surface area (Å²) in [5.41, 5.74) is 2.20. The Morgan fingerprint density at radius 2 is 2.00 bits per heavy atom. The highest BCUT2D eigenvalue weighted by Crippen LogP contribution is 2.13. The molecule has 1 fully saturated rings. The molecule has 1 aliphatic heterocycles. The Morgan fingerprint density at radius 3 is 2.43 bits per heavy atom. The fourth-order valence-electron chi connectivity index (χ4n) is 1.63. The number of hydrogen-bond acceptors (Lipinski definition) is 3. The second kappa shape index (κ2) is 5.32. The van der Waals surface area contributed by atoms with Crippen molar-refractivity contribution in [3.8, 4) is 0 Å². The van der Waals surface area contributed by atoms with Crippen LogP contribution in [0.15, 0.2) is 4.99 Å². The topological polar surface area (TPSA) is 47.9 Å². The van der Waals surface area contributed by atoms with Gasteiger partial charge in [-0.25, -0.2) is 0 Å². The fraction of sp³-hybridized carbons (Fsp3) is 0.900. The molecule has 2 N–H and O–H groups in total. The second-order valence-electron chi connectivity index (χ2n) is 4.32. The maximum atomic E-state index is 8.89. The van der Waals surface area contributed by atoms with Crippen LogP contribution in [0.25, 0.3) is 0 Å². The number of hydroxylamine groups is 1. The Kier molecular flexibility index (Phi) is 4.35. The van der Waals surface area contributed by atoms with Gasteiger partial charge in [0.1, 0.15) is 5.84 Å². The Bertz CT molecular complexity index is 196. The van der Waals surface area contributed by atoms with Crippen molar-refractivity contribution in [3.05, 3.63) is 0 Å². The van der Waals surface area contributed by atoms with Gasteiger partial charge in [-0.05, 0) is 33.0 Å². The van der Waals surface area contributed by atoms with Gasteiger partial charge >= 0.3 is 0 Å². The number of rotatable bonds is 2. The van der Waals surface area contributed by atoms with Crippen molar-refractivity contribution in [1.29, 1.82) is 0 Å². The minimum absolute atomic E-state index is 0.264. The van der Waals surface area contributed by atoms with E-state index in [9.17, 15) is 0 Å². The summed E-state index contributed by atoms with van der Waals surface area (Å²) >= 11 is 0. The zero-order valence-electron chi connectivity index (χ0n) is 9.32. The van der Waals surface area contributed by atoms with Gasteiger partial charge < -0.3 is 4.90 Å². The molecular formula is C10H21N3O. The van der Waals surface area contributed by atoms with Gasteiger partial charge in [0.05, 0.1) is 6.04 Å². The van der Waals surface area contributed by atoms with Crippen molar-refractivity contribution in [3.63, 3.8) is 0 Å². The third kappa shape index (κ3) is 3.27. The molecule has 1 heterocycles. The molecular weight excluding hydrogens is 178 g/mol. The second-order valence-corrected chi connectivity index (χ2v) is 4.32. The van der Waals surface area contributed by atoms with E-state index in [4.69, 9.17) is 5.21 Å². The summed E-state index contributed by atoms with van der Waals surface area (Å²) in [7, 11) is 2.13. The van der Waals surface area contributed by atoms with Crippen molar-refractivity contribution in [2.45, 2.75) is 32.7 Å². The molecule has 0 bridgehead atoms. The van der Waals surface area contributed by atoms with E-state index < -0.39 is 0 Å². The SMILES string of the molecule is CC(C)C(=NC1CCN(C)CC1)NO. The summed E-state index contributed by atoms with van der Waals surface area (Å²) < 4.78 is 0. The predicted octanol–water partition coefficient (Wildman–Crippen LogP) is 1.11. The van der Waals surface area contributed by atoms with Crippen LogP contribution in [0.4, 0.5) is 0 Å². The summed E-state index contributed by atoms with van der Waals surface area (Å²) in [6.45, 7) is 6.25. The standard InChI is InChI=1S/C10H21N3O/c1-8(2)10(12-14)11-9-4-6-13(3)7-5-9/h8-9,14H,4-7H2,1-3H3,(H,11,12). The lowest BCUT2D eigenvalue weighted by molar-refractivity contribution is 0.223. The molecule has 0 atom stereocenters. The van der Waals surface area contributed by atoms with E-state index in [0.717, 1.165) is 25.9 Å². The largest absolute Gasteiger partial charge is 0.306 e. The molecule has 1 saturated heterocycles. The van der Waals surface area contributed by atoms with E-state index >= 15 is 0 Å². The number of amidine groups is 1. The van der Waals surface area contributed by atoms with Crippen molar-refractivity contribution >= 4 is 5.84 Å². The first-order valence-corrected chi connectivity index (χ1v) is 5.29. The average molecular weight is 199 g/mol. The van der Waals surface area contributed by atoms with Gasteiger partial charge in [-0.3, -0.25) is 15.7 Å². The highest BCUT2D eigenvalue weighted by atomic mass is 16.5. The predicted molar refractivity (Wildman–Crippen MR) is 57.7 cm³/mol. The Balaban J connectivity index is 2.49. The summed E-state index contributed by atoms with van der Waals surface area (Å²) in [5, 5.41) is 8.89. The van der Waals surface area contributed by atoms with E-state index in [0.29, 0.717) is 11.9 Å². The highest BCUT2D eigenvalue weighted by molar-refractivity contribution is 5.83. The third-order valence-corrected chi connectivity index (χ3v) is 2.67. The summed E-state index contributed by atoms with van der Waals surface area (Å²) in [4.78, 5) is 6.83. The van der Waals surface area contributed by atoms with E-state index in [1.807, 2.05) is 13.8 Å². The van der Waals surface area contributed by atoms with Crippen LogP contribution in [-0.4, -0.2) is 42.1 Å². The number of likely N-dealkylation sites (tertiary alicyclic amines) is 1. The molecule has 0 aromatic rings. The molecule has 0 radical (unpaired) electrons. The van der Waals surface area contributed by atoms with Gasteiger partial charge in [0, 0.05) is 5.92 Å². The Hall–Kier alpha value is -0.610. The molecule has 0 aromatic heterocycles. The lowest BCUT2D eigenvalue weighted by Gasteiger charge is -2.27. The van der Waals surface area contributed by atoms with Crippen molar-refractivity contribution in [2.75, 3.05) is 20.1 Å². The van der Waals surface area contributed by atoms with Crippen LogP contribution in [0.1, 0.15) is 26.7 Å². The minimum atomic E-state index is 0.264. The quantitative estimate of drug-likeness (QED) is 0.398. The molecule has 0 spiro atoms. The van der Waals surface area contributed by atoms with Gasteiger partial charge in [-0.1, -0.05) is 13.8 Å². The maximum absolute atomic E-state index is 8.89. The lowest BCUT2D eigenvalue weighted by Crippen LogP contribution is -2.34. The Morgan fingerprint density at radius 1 is 1.43 bits per heavy atom. The first-order chi connectivity index (χ1) is 6.63. The zero-order valence-corrected chi connectivity index (χ0v) is 9.32. The van der Waals surface area contributed by atoms with Gasteiger partial charge in [-0.2, -0.15) is 0 Å². The summed E-state index contributed by atoms with van der Waals surface area (Å²) in [6, 6.07) is 0.378. The molecule has 0 amide bonds. The van der Waals surface area contributed by atoms with Crippen LogP contribution >= 0.6 is 0 Å². The molecule has 1 aliphatic rings. The normalized spacial score (nSPS) is 21.6. The molecule has 0 aromatic carbocycles. The van der Waals surface area contributed by atoms with Crippen LogP contribution < -0.4 is 5.48 Å². The minimum Gasteiger partial charge on any atom is -0.306 e. The van der Waals surface area contributed by atoms with Crippen LogP contribution in [0, 0.1) is 5.92 Å². The van der Waals surface area contributed by atoms with Crippen LogP contribution in [-0.2, 0) is 0 Å². The third-order valence-electron chi connectivity index (χ3n) is 2.67. The van der Waals surface area contributed by atoms with Crippen LogP contribution in [0.5, 0.6) is 0 Å². The number of nitrogens with one attached hydrogen (secondary N) is 1. The highest BCUT2D eigenvalue weighted by Gasteiger charge is 2.16. The zero-order chi connectivity index (χ0) is 10.6. The average Bonchev–Trinajstić information content (AvgIpc) is 2.16. The lowest BCUT2D eigenvalue weighted by atomic mass is 10.1. The van der Waals surface area contributed by atoms with Crippen molar-refractivity contribution < 1.29 is 5.21 Å². The smallest absolute Gasteiger partial charge is 0.123 e. The number of nitrogens with zero attached hydrogens (tertiary/aromatic N) is 2. The fourth-order valence-corrected chi connectivity index (χ4v) is 1.63. The van der Waals surface area contributed by atoms with E-state index in [2.05, 4.69) is 22.4 Å². The number of piperidine rings is 1. The molecule has 1 rings (SSSR count). The van der Waals surface area contributed by atoms with Crippen molar-refractivity contribution in [1.82, 2.24) is 10.4 Å². The van der Waals surface area contributed by atoms with E-state index in [1.165, 1.54) is 0 Å². The van der Waals surface area contributed by atoms with Gasteiger partial charge in [0.15, 0.2) is 0 Å². The van der Waals surface area contributed by atoms with E-state index in [-0.39, 0.29) is 5.92 Å². The molecule has 0 aliphatic carbocycles. The van der Waals surface area contributed by atoms with Crippen LogP contribution in [0.3, 0.4) is 0 Å². The van der Waals surface area contributed by atoms with E-state index in [1.54, 1.807) is 0 Å². The monoisotopic (exact) mass is 199 g/mol. The van der Waals surface area contributed by atoms with Crippen LogP contribution in [0.2, 0.25) is 0 Å². The maximum Gasteiger partial charge on any atom is 0.123 e. The first kappa shape index (κ1) is 11.5. The molecule has 0 saturated carbocycles. The van der Waals surface area contributed by atoms with Gasteiger partial charge in [0.2, 0.25) is 0 Å². The first-order valence-electron chi connectivity index (χ1n) is 5.29.